The van der Waals surface area contributed by atoms with Crippen LogP contribution in [0.3, 0.4) is 0 Å². The number of hydrogen-bond acceptors (Lipinski definition) is 4. The number of rotatable bonds is 5. The van der Waals surface area contributed by atoms with Crippen LogP contribution in [0.15, 0.2) is 22.5 Å². The molecule has 2 N–H and O–H groups in total. The highest BCUT2D eigenvalue weighted by molar-refractivity contribution is 7.87. The topological polar surface area (TPSA) is 71.1 Å². The molecule has 8 heteroatoms. The molecule has 0 aliphatic carbocycles. The molecule has 2 rings (SSSR count). The van der Waals surface area contributed by atoms with Crippen LogP contribution >= 0.6 is 22.9 Å². The first-order valence-corrected chi connectivity index (χ1v) is 8.57. The monoisotopic (exact) mass is 331 g/mol. The predicted molar refractivity (Wildman–Crippen MR) is 83.0 cm³/mol. The molecule has 108 valence electrons. The van der Waals surface area contributed by atoms with E-state index in [-0.39, 0.29) is 6.03 Å². The first kappa shape index (κ1) is 15.2. The Labute approximate surface area is 128 Å². The highest BCUT2D eigenvalue weighted by Crippen LogP contribution is 2.26. The fraction of sp³-hybridized carbons (Fsp3) is 0.333. The Morgan fingerprint density at radius 1 is 1.45 bits per heavy atom. The first-order valence-electron chi connectivity index (χ1n) is 6.06. The zero-order valence-corrected chi connectivity index (χ0v) is 13.2. The third-order valence-corrected chi connectivity index (χ3v) is 5.36. The number of thiazole rings is 1. The molecule has 5 nitrogen and oxygen atoms in total. The molecule has 2 aromatic rings. The Hall–Kier alpha value is -1.18. The lowest BCUT2D eigenvalue weighted by molar-refractivity contribution is 0.242. The molecule has 0 saturated carbocycles. The maximum Gasteiger partial charge on any atom is 0.314 e. The number of carbonyl (C=O) groups is 1. The van der Waals surface area contributed by atoms with Crippen LogP contribution < -0.4 is 10.6 Å². The summed E-state index contributed by atoms with van der Waals surface area (Å²) in [6.45, 7) is 2.74. The maximum atomic E-state index is 12.1. The Balaban J connectivity index is 1.95. The molecule has 0 fully saturated rings. The lowest BCUT2D eigenvalue weighted by Crippen LogP contribution is -2.37. The smallest absolute Gasteiger partial charge is 0.314 e. The summed E-state index contributed by atoms with van der Waals surface area (Å²) in [5.41, 5.74) is 0.752. The average molecular weight is 332 g/mol. The zero-order valence-electron chi connectivity index (χ0n) is 10.8. The standard InChI is InChI=1S/C12H14ClN3O2S2/c1-2-14-11(17)15-5-6-20(18)12-16-9-7-8(13)3-4-10(9)19-12/h3-4,7H,2,5-6H2,1H3,(H2,14,15,17). The Kier molecular flexibility index (Phi) is 5.33. The van der Waals surface area contributed by atoms with Gasteiger partial charge in [-0.25, -0.2) is 9.78 Å². The molecule has 0 aliphatic rings. The number of aromatic nitrogens is 1. The predicted octanol–water partition coefficient (Wildman–Crippen LogP) is 2.38. The number of fused-ring (bicyclic) bond motifs is 1. The molecule has 0 spiro atoms. The normalized spacial score (nSPS) is 12.3. The van der Waals surface area contributed by atoms with Gasteiger partial charge in [-0.3, -0.25) is 4.21 Å². The number of halogens is 1. The molecular weight excluding hydrogens is 318 g/mol. The molecule has 1 aromatic carbocycles. The van der Waals surface area contributed by atoms with Gasteiger partial charge in [0.05, 0.1) is 21.0 Å². The molecular formula is C12H14ClN3O2S2. The van der Waals surface area contributed by atoms with E-state index in [1.54, 1.807) is 12.1 Å². The van der Waals surface area contributed by atoms with E-state index in [0.717, 1.165) is 10.2 Å². The van der Waals surface area contributed by atoms with Gasteiger partial charge in [0.1, 0.15) is 0 Å². The van der Waals surface area contributed by atoms with Gasteiger partial charge in [-0.2, -0.15) is 0 Å². The summed E-state index contributed by atoms with van der Waals surface area (Å²) in [5.74, 6) is 0.338. The van der Waals surface area contributed by atoms with Gasteiger partial charge in [-0.15, -0.1) is 11.3 Å². The van der Waals surface area contributed by atoms with Crippen molar-refractivity contribution in [3.8, 4) is 0 Å². The van der Waals surface area contributed by atoms with Crippen molar-refractivity contribution in [1.29, 1.82) is 0 Å². The second-order valence-electron chi connectivity index (χ2n) is 3.93. The number of amides is 2. The summed E-state index contributed by atoms with van der Waals surface area (Å²) in [4.78, 5) is 15.5. The highest BCUT2D eigenvalue weighted by atomic mass is 35.5. The Morgan fingerprint density at radius 3 is 3.00 bits per heavy atom. The van der Waals surface area contributed by atoms with Crippen LogP contribution in [0.5, 0.6) is 0 Å². The number of carbonyl (C=O) groups excluding carboxylic acids is 1. The molecule has 0 saturated heterocycles. The van der Waals surface area contributed by atoms with Gasteiger partial charge < -0.3 is 10.6 Å². The van der Waals surface area contributed by atoms with Crippen molar-refractivity contribution in [2.75, 3.05) is 18.8 Å². The Morgan fingerprint density at radius 2 is 2.25 bits per heavy atom. The average Bonchev–Trinajstić information content (AvgIpc) is 2.82. The van der Waals surface area contributed by atoms with Crippen LogP contribution in [0.1, 0.15) is 6.92 Å². The maximum absolute atomic E-state index is 12.1. The third kappa shape index (κ3) is 3.91. The quantitative estimate of drug-likeness (QED) is 0.883. The summed E-state index contributed by atoms with van der Waals surface area (Å²) >= 11 is 7.27. The van der Waals surface area contributed by atoms with Crippen molar-refractivity contribution < 1.29 is 9.00 Å². The van der Waals surface area contributed by atoms with Gasteiger partial charge >= 0.3 is 6.03 Å². The lowest BCUT2D eigenvalue weighted by Gasteiger charge is -2.04. The van der Waals surface area contributed by atoms with E-state index in [9.17, 15) is 9.00 Å². The van der Waals surface area contributed by atoms with Crippen LogP contribution in [0.25, 0.3) is 10.2 Å². The molecule has 1 atom stereocenters. The number of benzene rings is 1. The van der Waals surface area contributed by atoms with Gasteiger partial charge in [0.25, 0.3) is 0 Å². The number of urea groups is 1. The summed E-state index contributed by atoms with van der Waals surface area (Å²) < 4.78 is 13.6. The van der Waals surface area contributed by atoms with Crippen LogP contribution in [0.4, 0.5) is 4.79 Å². The largest absolute Gasteiger partial charge is 0.338 e. The van der Waals surface area contributed by atoms with Crippen molar-refractivity contribution >= 4 is 50.0 Å². The molecule has 0 radical (unpaired) electrons. The second-order valence-corrected chi connectivity index (χ2v) is 7.14. The van der Waals surface area contributed by atoms with E-state index < -0.39 is 10.8 Å². The third-order valence-electron chi connectivity index (χ3n) is 2.44. The molecule has 2 amide bonds. The van der Waals surface area contributed by atoms with Crippen molar-refractivity contribution in [1.82, 2.24) is 15.6 Å². The Bertz CT molecular complexity index is 645. The van der Waals surface area contributed by atoms with E-state index >= 15 is 0 Å². The molecule has 20 heavy (non-hydrogen) atoms. The summed E-state index contributed by atoms with van der Waals surface area (Å²) in [5, 5.41) is 5.86. The molecule has 0 aliphatic heterocycles. The van der Waals surface area contributed by atoms with Gasteiger partial charge in [0.15, 0.2) is 4.34 Å². The summed E-state index contributed by atoms with van der Waals surface area (Å²) in [6, 6.07) is 5.15. The van der Waals surface area contributed by atoms with Crippen molar-refractivity contribution in [2.24, 2.45) is 0 Å². The molecule has 1 unspecified atom stereocenters. The number of nitrogens with zero attached hydrogens (tertiary/aromatic N) is 1. The minimum Gasteiger partial charge on any atom is -0.338 e. The van der Waals surface area contributed by atoms with Crippen molar-refractivity contribution in [3.05, 3.63) is 23.2 Å². The van der Waals surface area contributed by atoms with Gasteiger partial charge in [0, 0.05) is 23.9 Å². The van der Waals surface area contributed by atoms with E-state index in [1.807, 2.05) is 13.0 Å². The van der Waals surface area contributed by atoms with E-state index in [1.165, 1.54) is 11.3 Å². The second kappa shape index (κ2) is 7.01. The minimum atomic E-state index is -1.22. The van der Waals surface area contributed by atoms with Crippen LogP contribution in [-0.2, 0) is 10.8 Å². The van der Waals surface area contributed by atoms with Crippen LogP contribution in [-0.4, -0.2) is 34.1 Å². The van der Waals surface area contributed by atoms with Gasteiger partial charge in [0.2, 0.25) is 0 Å². The van der Waals surface area contributed by atoms with Crippen molar-refractivity contribution in [2.45, 2.75) is 11.3 Å². The van der Waals surface area contributed by atoms with E-state index in [4.69, 9.17) is 11.6 Å². The lowest BCUT2D eigenvalue weighted by atomic mass is 10.3. The molecule has 0 bridgehead atoms. The van der Waals surface area contributed by atoms with Crippen LogP contribution in [0, 0.1) is 0 Å². The molecule has 1 aromatic heterocycles. The van der Waals surface area contributed by atoms with E-state index in [0.29, 0.717) is 28.2 Å². The highest BCUT2D eigenvalue weighted by Gasteiger charge is 2.11. The number of hydrogen-bond donors (Lipinski definition) is 2. The summed E-state index contributed by atoms with van der Waals surface area (Å²) in [6.07, 6.45) is 0. The number of nitrogens with one attached hydrogen (secondary N) is 2. The first-order chi connectivity index (χ1) is 9.60. The van der Waals surface area contributed by atoms with E-state index in [2.05, 4.69) is 15.6 Å². The fourth-order valence-electron chi connectivity index (χ4n) is 1.54. The summed E-state index contributed by atoms with van der Waals surface area (Å²) in [7, 11) is -1.22. The SMILES string of the molecule is CCNC(=O)NCCS(=O)c1nc2cc(Cl)ccc2s1. The van der Waals surface area contributed by atoms with Crippen molar-refractivity contribution in [3.63, 3.8) is 0 Å². The van der Waals surface area contributed by atoms with Gasteiger partial charge in [-0.05, 0) is 25.1 Å². The van der Waals surface area contributed by atoms with Gasteiger partial charge in [-0.1, -0.05) is 11.6 Å². The van der Waals surface area contributed by atoms with Crippen LogP contribution in [0.2, 0.25) is 5.02 Å². The zero-order chi connectivity index (χ0) is 14.5. The molecule has 1 heterocycles. The minimum absolute atomic E-state index is 0.249. The fourth-order valence-corrected chi connectivity index (χ4v) is 3.94.